The number of likely N-dealkylation sites (N-methyl/N-ethyl adjacent to an activating group) is 1. The van der Waals surface area contributed by atoms with E-state index in [1.807, 2.05) is 49.1 Å². The van der Waals surface area contributed by atoms with Gasteiger partial charge in [-0.3, -0.25) is 9.69 Å². The third kappa shape index (κ3) is 3.15. The van der Waals surface area contributed by atoms with E-state index in [1.54, 1.807) is 0 Å². The molecular weight excluding hydrogens is 202 g/mol. The van der Waals surface area contributed by atoms with Crippen molar-refractivity contribution >= 4 is 5.78 Å². The first kappa shape index (κ1) is 12.9. The van der Waals surface area contributed by atoms with Gasteiger partial charge < -0.3 is 5.11 Å². The molecule has 88 valence electrons. The Balaban J connectivity index is 2.73. The lowest BCUT2D eigenvalue weighted by atomic mass is 10.0. The van der Waals surface area contributed by atoms with Crippen molar-refractivity contribution in [3.05, 3.63) is 35.9 Å². The predicted molar refractivity (Wildman–Crippen MR) is 64.6 cm³/mol. The van der Waals surface area contributed by atoms with Crippen molar-refractivity contribution in [2.75, 3.05) is 19.7 Å². The molecule has 0 spiro atoms. The van der Waals surface area contributed by atoms with E-state index < -0.39 is 0 Å². The van der Waals surface area contributed by atoms with Gasteiger partial charge in [0.15, 0.2) is 5.78 Å². The van der Waals surface area contributed by atoms with Crippen LogP contribution in [0.1, 0.15) is 24.2 Å². The van der Waals surface area contributed by atoms with E-state index in [1.165, 1.54) is 0 Å². The van der Waals surface area contributed by atoms with Crippen molar-refractivity contribution in [3.8, 4) is 0 Å². The standard InChI is InChI=1S/C13H19NO2/c1-3-14(9-10-15)11(2)13(16)12-7-5-4-6-8-12/h4-8,11,15H,3,9-10H2,1-2H3. The number of hydrogen-bond donors (Lipinski definition) is 1. The van der Waals surface area contributed by atoms with Crippen LogP contribution in [0, 0.1) is 0 Å². The number of nitrogens with zero attached hydrogens (tertiary/aromatic N) is 1. The van der Waals surface area contributed by atoms with Gasteiger partial charge in [0.25, 0.3) is 0 Å². The summed E-state index contributed by atoms with van der Waals surface area (Å²) in [6.45, 7) is 5.26. The number of ketones is 1. The molecule has 1 unspecified atom stereocenters. The minimum absolute atomic E-state index is 0.0836. The Kier molecular flexibility index (Phi) is 5.15. The Bertz CT molecular complexity index is 324. The smallest absolute Gasteiger partial charge is 0.179 e. The molecule has 0 aliphatic heterocycles. The van der Waals surface area contributed by atoms with Crippen LogP contribution < -0.4 is 0 Å². The van der Waals surface area contributed by atoms with Gasteiger partial charge in [-0.05, 0) is 13.5 Å². The van der Waals surface area contributed by atoms with Gasteiger partial charge in [0.2, 0.25) is 0 Å². The van der Waals surface area contributed by atoms with E-state index >= 15 is 0 Å². The lowest BCUT2D eigenvalue weighted by molar-refractivity contribution is 0.0817. The quantitative estimate of drug-likeness (QED) is 0.741. The van der Waals surface area contributed by atoms with Gasteiger partial charge in [-0.15, -0.1) is 0 Å². The van der Waals surface area contributed by atoms with Crippen molar-refractivity contribution in [2.24, 2.45) is 0 Å². The van der Waals surface area contributed by atoms with Crippen LogP contribution in [0.4, 0.5) is 0 Å². The minimum atomic E-state index is -0.181. The zero-order valence-electron chi connectivity index (χ0n) is 9.89. The average molecular weight is 221 g/mol. The van der Waals surface area contributed by atoms with E-state index in [0.29, 0.717) is 6.54 Å². The number of hydrogen-bond acceptors (Lipinski definition) is 3. The van der Waals surface area contributed by atoms with Gasteiger partial charge in [0, 0.05) is 12.1 Å². The number of carbonyl (C=O) groups excluding carboxylic acids is 1. The Morgan fingerprint density at radius 3 is 2.50 bits per heavy atom. The molecule has 1 atom stereocenters. The second-order valence-corrected chi connectivity index (χ2v) is 3.76. The highest BCUT2D eigenvalue weighted by atomic mass is 16.3. The third-order valence-corrected chi connectivity index (χ3v) is 2.78. The molecule has 0 aliphatic carbocycles. The number of benzene rings is 1. The van der Waals surface area contributed by atoms with Crippen LogP contribution in [-0.2, 0) is 0 Å². The largest absolute Gasteiger partial charge is 0.395 e. The summed E-state index contributed by atoms with van der Waals surface area (Å²) in [4.78, 5) is 14.1. The number of aliphatic hydroxyl groups is 1. The maximum absolute atomic E-state index is 12.1. The van der Waals surface area contributed by atoms with Crippen LogP contribution in [0.3, 0.4) is 0 Å². The molecule has 0 fully saturated rings. The lowest BCUT2D eigenvalue weighted by Gasteiger charge is -2.25. The van der Waals surface area contributed by atoms with Gasteiger partial charge in [0.05, 0.1) is 12.6 Å². The van der Waals surface area contributed by atoms with Crippen LogP contribution in [0.2, 0.25) is 0 Å². The van der Waals surface area contributed by atoms with E-state index in [0.717, 1.165) is 12.1 Å². The number of Topliss-reactive ketones (excluding diaryl/α,β-unsaturated/α-hetero) is 1. The van der Waals surface area contributed by atoms with Crippen molar-refractivity contribution in [1.29, 1.82) is 0 Å². The first-order valence-corrected chi connectivity index (χ1v) is 5.64. The molecule has 0 radical (unpaired) electrons. The summed E-state index contributed by atoms with van der Waals surface area (Å²) in [5, 5.41) is 8.92. The Morgan fingerprint density at radius 1 is 1.38 bits per heavy atom. The average Bonchev–Trinajstić information content (AvgIpc) is 2.35. The molecule has 1 rings (SSSR count). The lowest BCUT2D eigenvalue weighted by Crippen LogP contribution is -2.40. The third-order valence-electron chi connectivity index (χ3n) is 2.78. The highest BCUT2D eigenvalue weighted by Gasteiger charge is 2.20. The van der Waals surface area contributed by atoms with Crippen molar-refractivity contribution in [1.82, 2.24) is 4.90 Å². The molecule has 0 bridgehead atoms. The SMILES string of the molecule is CCN(CCO)C(C)C(=O)c1ccccc1. The Morgan fingerprint density at radius 2 is 2.00 bits per heavy atom. The van der Waals surface area contributed by atoms with Gasteiger partial charge in [-0.2, -0.15) is 0 Å². The normalized spacial score (nSPS) is 12.8. The predicted octanol–water partition coefficient (Wildman–Crippen LogP) is 1.57. The molecule has 0 saturated carbocycles. The minimum Gasteiger partial charge on any atom is -0.395 e. The second-order valence-electron chi connectivity index (χ2n) is 3.76. The number of aliphatic hydroxyl groups excluding tert-OH is 1. The number of carbonyl (C=O) groups is 1. The molecule has 0 amide bonds. The topological polar surface area (TPSA) is 40.5 Å². The Hall–Kier alpha value is -1.19. The summed E-state index contributed by atoms with van der Waals surface area (Å²) in [5.41, 5.74) is 0.728. The molecule has 1 aromatic carbocycles. The van der Waals surface area contributed by atoms with E-state index in [2.05, 4.69) is 0 Å². The van der Waals surface area contributed by atoms with Crippen LogP contribution >= 0.6 is 0 Å². The molecule has 0 heterocycles. The summed E-state index contributed by atoms with van der Waals surface area (Å²) in [7, 11) is 0. The zero-order valence-corrected chi connectivity index (χ0v) is 9.89. The summed E-state index contributed by atoms with van der Waals surface area (Å²) < 4.78 is 0. The van der Waals surface area contributed by atoms with E-state index in [-0.39, 0.29) is 18.4 Å². The highest BCUT2D eigenvalue weighted by Crippen LogP contribution is 2.08. The second kappa shape index (κ2) is 6.40. The molecule has 0 aliphatic rings. The molecular formula is C13H19NO2. The van der Waals surface area contributed by atoms with Gasteiger partial charge in [-0.1, -0.05) is 37.3 Å². The fraction of sp³-hybridized carbons (Fsp3) is 0.462. The Labute approximate surface area is 96.7 Å². The first-order valence-electron chi connectivity index (χ1n) is 5.64. The highest BCUT2D eigenvalue weighted by molar-refractivity contribution is 5.99. The molecule has 0 aromatic heterocycles. The first-order chi connectivity index (χ1) is 7.70. The zero-order chi connectivity index (χ0) is 12.0. The number of rotatable bonds is 6. The van der Waals surface area contributed by atoms with Gasteiger partial charge >= 0.3 is 0 Å². The molecule has 3 nitrogen and oxygen atoms in total. The van der Waals surface area contributed by atoms with Crippen LogP contribution in [0.25, 0.3) is 0 Å². The van der Waals surface area contributed by atoms with Gasteiger partial charge in [-0.25, -0.2) is 0 Å². The molecule has 1 N–H and O–H groups in total. The summed E-state index contributed by atoms with van der Waals surface area (Å²) in [6.07, 6.45) is 0. The molecule has 16 heavy (non-hydrogen) atoms. The maximum Gasteiger partial charge on any atom is 0.179 e. The van der Waals surface area contributed by atoms with Crippen LogP contribution in [0.5, 0.6) is 0 Å². The molecule has 1 aromatic rings. The monoisotopic (exact) mass is 221 g/mol. The molecule has 3 heteroatoms. The summed E-state index contributed by atoms with van der Waals surface area (Å²) >= 11 is 0. The van der Waals surface area contributed by atoms with E-state index in [4.69, 9.17) is 5.11 Å². The summed E-state index contributed by atoms with van der Waals surface area (Å²) in [5.74, 6) is 0.107. The fourth-order valence-electron chi connectivity index (χ4n) is 1.76. The van der Waals surface area contributed by atoms with Crippen molar-refractivity contribution in [3.63, 3.8) is 0 Å². The van der Waals surface area contributed by atoms with Crippen molar-refractivity contribution < 1.29 is 9.90 Å². The van der Waals surface area contributed by atoms with Crippen molar-refractivity contribution in [2.45, 2.75) is 19.9 Å². The van der Waals surface area contributed by atoms with Crippen LogP contribution in [-0.4, -0.2) is 41.5 Å². The maximum atomic E-state index is 12.1. The summed E-state index contributed by atoms with van der Waals surface area (Å²) in [6, 6.07) is 9.09. The van der Waals surface area contributed by atoms with Crippen LogP contribution in [0.15, 0.2) is 30.3 Å². The van der Waals surface area contributed by atoms with E-state index in [9.17, 15) is 4.79 Å². The molecule has 0 saturated heterocycles. The van der Waals surface area contributed by atoms with Gasteiger partial charge in [0.1, 0.15) is 0 Å². The fourth-order valence-corrected chi connectivity index (χ4v) is 1.76.